The van der Waals surface area contributed by atoms with Gasteiger partial charge in [0.05, 0.1) is 0 Å². The van der Waals surface area contributed by atoms with Gasteiger partial charge in [-0.05, 0) is 26.2 Å². The van der Waals surface area contributed by atoms with E-state index in [4.69, 9.17) is 0 Å². The topological polar surface area (TPSA) is 29.1 Å². The molecule has 1 rings (SSSR count). The molecule has 0 aromatic rings. The van der Waals surface area contributed by atoms with Gasteiger partial charge in [0, 0.05) is 34.9 Å². The van der Waals surface area contributed by atoms with E-state index < -0.39 is 10.8 Å². The van der Waals surface area contributed by atoms with Gasteiger partial charge >= 0.3 is 0 Å². The minimum absolute atomic E-state index is 0.260. The first-order valence-corrected chi connectivity index (χ1v) is 6.54. The minimum atomic E-state index is -0.701. The van der Waals surface area contributed by atoms with Crippen LogP contribution in [0.25, 0.3) is 0 Å². The van der Waals surface area contributed by atoms with Gasteiger partial charge in [-0.25, -0.2) is 0 Å². The van der Waals surface area contributed by atoms with Crippen LogP contribution in [0.5, 0.6) is 0 Å². The monoisotopic (exact) mass is 201 g/mol. The Morgan fingerprint density at radius 2 is 2.46 bits per heavy atom. The van der Waals surface area contributed by atoms with Gasteiger partial charge in [0.2, 0.25) is 0 Å². The third-order valence-corrected chi connectivity index (χ3v) is 3.79. The number of rotatable bonds is 4. The van der Waals surface area contributed by atoms with Crippen molar-refractivity contribution >= 4 is 10.8 Å². The van der Waals surface area contributed by atoms with Crippen LogP contribution in [0.15, 0.2) is 12.2 Å². The highest BCUT2D eigenvalue weighted by Gasteiger charge is 2.10. The molecule has 0 aliphatic heterocycles. The standard InChI is InChI=1S/C10H19NOS/c1-9(13(2)12)8-11-10-6-4-3-5-7-10/h4,6,9-11H,3,5,7-8H2,1-2H3. The first kappa shape index (κ1) is 10.9. The molecule has 0 saturated heterocycles. The van der Waals surface area contributed by atoms with Gasteiger partial charge in [0.1, 0.15) is 0 Å². The van der Waals surface area contributed by atoms with Crippen LogP contribution in [0.2, 0.25) is 0 Å². The Bertz CT molecular complexity index is 203. The molecule has 2 nitrogen and oxygen atoms in total. The average molecular weight is 201 g/mol. The summed E-state index contributed by atoms with van der Waals surface area (Å²) < 4.78 is 11.1. The maximum absolute atomic E-state index is 11.1. The lowest BCUT2D eigenvalue weighted by atomic mass is 10.0. The fourth-order valence-electron chi connectivity index (χ4n) is 1.42. The Balaban J connectivity index is 2.21. The lowest BCUT2D eigenvalue weighted by molar-refractivity contribution is 0.522. The third kappa shape index (κ3) is 4.05. The molecule has 0 saturated carbocycles. The molecule has 0 radical (unpaired) electrons. The van der Waals surface area contributed by atoms with Crippen molar-refractivity contribution in [1.29, 1.82) is 0 Å². The van der Waals surface area contributed by atoms with Crippen molar-refractivity contribution in [2.24, 2.45) is 0 Å². The number of hydrogen-bond donors (Lipinski definition) is 1. The fraction of sp³-hybridized carbons (Fsp3) is 0.800. The molecule has 1 aliphatic rings. The summed E-state index contributed by atoms with van der Waals surface area (Å²) in [7, 11) is -0.701. The molecule has 0 heterocycles. The summed E-state index contributed by atoms with van der Waals surface area (Å²) in [6.45, 7) is 2.88. The van der Waals surface area contributed by atoms with Crippen molar-refractivity contribution in [2.75, 3.05) is 12.8 Å². The third-order valence-electron chi connectivity index (χ3n) is 2.49. The zero-order chi connectivity index (χ0) is 9.68. The van der Waals surface area contributed by atoms with Crippen LogP contribution in [-0.4, -0.2) is 28.3 Å². The zero-order valence-corrected chi connectivity index (χ0v) is 9.27. The van der Waals surface area contributed by atoms with E-state index in [2.05, 4.69) is 17.5 Å². The summed E-state index contributed by atoms with van der Waals surface area (Å²) in [6, 6.07) is 0.514. The molecule has 1 aliphatic carbocycles. The second-order valence-corrected chi connectivity index (χ2v) is 5.48. The summed E-state index contributed by atoms with van der Waals surface area (Å²) in [5.41, 5.74) is 0. The van der Waals surface area contributed by atoms with Gasteiger partial charge in [0.25, 0.3) is 0 Å². The predicted molar refractivity (Wildman–Crippen MR) is 58.3 cm³/mol. The van der Waals surface area contributed by atoms with Gasteiger partial charge in [-0.3, -0.25) is 4.21 Å². The van der Waals surface area contributed by atoms with E-state index in [0.29, 0.717) is 6.04 Å². The summed E-state index contributed by atoms with van der Waals surface area (Å²) in [5.74, 6) is 0. The Morgan fingerprint density at radius 1 is 1.69 bits per heavy atom. The number of allylic oxidation sites excluding steroid dienone is 1. The maximum Gasteiger partial charge on any atom is 0.0441 e. The van der Waals surface area contributed by atoms with Crippen molar-refractivity contribution < 1.29 is 4.21 Å². The highest BCUT2D eigenvalue weighted by molar-refractivity contribution is 7.84. The first-order valence-electron chi connectivity index (χ1n) is 4.92. The second kappa shape index (κ2) is 5.55. The summed E-state index contributed by atoms with van der Waals surface area (Å²) in [5, 5.41) is 3.68. The van der Waals surface area contributed by atoms with Crippen molar-refractivity contribution in [3.8, 4) is 0 Å². The van der Waals surface area contributed by atoms with E-state index in [1.54, 1.807) is 6.26 Å². The molecule has 1 N–H and O–H groups in total. The molecular formula is C10H19NOS. The van der Waals surface area contributed by atoms with E-state index >= 15 is 0 Å². The molecule has 3 atom stereocenters. The van der Waals surface area contributed by atoms with E-state index in [1.165, 1.54) is 19.3 Å². The molecule has 0 spiro atoms. The number of hydrogen-bond acceptors (Lipinski definition) is 2. The minimum Gasteiger partial charge on any atom is -0.309 e. The maximum atomic E-state index is 11.1. The molecule has 0 aromatic carbocycles. The van der Waals surface area contributed by atoms with Crippen molar-refractivity contribution in [2.45, 2.75) is 37.5 Å². The molecule has 0 fully saturated rings. The van der Waals surface area contributed by atoms with Crippen LogP contribution in [0.1, 0.15) is 26.2 Å². The van der Waals surface area contributed by atoms with Gasteiger partial charge in [-0.1, -0.05) is 12.2 Å². The molecule has 3 heteroatoms. The highest BCUT2D eigenvalue weighted by Crippen LogP contribution is 2.09. The smallest absolute Gasteiger partial charge is 0.0441 e. The Kier molecular flexibility index (Phi) is 4.67. The van der Waals surface area contributed by atoms with Gasteiger partial charge in [0.15, 0.2) is 0 Å². The van der Waals surface area contributed by atoms with Crippen LogP contribution in [0.4, 0.5) is 0 Å². The molecule has 76 valence electrons. The quantitative estimate of drug-likeness (QED) is 0.698. The van der Waals surface area contributed by atoms with E-state index in [9.17, 15) is 4.21 Å². The van der Waals surface area contributed by atoms with Gasteiger partial charge in [-0.15, -0.1) is 0 Å². The average Bonchev–Trinajstić information content (AvgIpc) is 2.15. The Labute approximate surface area is 83.3 Å². The molecule has 3 unspecified atom stereocenters. The Hall–Kier alpha value is -0.150. The molecule has 13 heavy (non-hydrogen) atoms. The van der Waals surface area contributed by atoms with Crippen LogP contribution in [0.3, 0.4) is 0 Å². The Morgan fingerprint density at radius 3 is 3.00 bits per heavy atom. The van der Waals surface area contributed by atoms with Crippen LogP contribution in [0, 0.1) is 0 Å². The van der Waals surface area contributed by atoms with Crippen LogP contribution >= 0.6 is 0 Å². The van der Waals surface area contributed by atoms with E-state index in [1.807, 2.05) is 6.92 Å². The molecule has 0 aromatic heterocycles. The highest BCUT2D eigenvalue weighted by atomic mass is 32.2. The fourth-order valence-corrected chi connectivity index (χ4v) is 1.75. The molecular weight excluding hydrogens is 182 g/mol. The zero-order valence-electron chi connectivity index (χ0n) is 8.45. The molecule has 0 bridgehead atoms. The lowest BCUT2D eigenvalue weighted by Gasteiger charge is -2.19. The van der Waals surface area contributed by atoms with E-state index in [0.717, 1.165) is 6.54 Å². The van der Waals surface area contributed by atoms with E-state index in [-0.39, 0.29) is 5.25 Å². The summed E-state index contributed by atoms with van der Waals surface area (Å²) in [4.78, 5) is 0. The van der Waals surface area contributed by atoms with Crippen molar-refractivity contribution in [3.05, 3.63) is 12.2 Å². The largest absolute Gasteiger partial charge is 0.309 e. The summed E-state index contributed by atoms with van der Waals surface area (Å²) >= 11 is 0. The van der Waals surface area contributed by atoms with Gasteiger partial charge < -0.3 is 5.32 Å². The van der Waals surface area contributed by atoms with Crippen molar-refractivity contribution in [1.82, 2.24) is 5.32 Å². The van der Waals surface area contributed by atoms with Crippen LogP contribution in [-0.2, 0) is 10.8 Å². The predicted octanol–water partition coefficient (Wildman–Crippen LogP) is 1.45. The number of nitrogens with one attached hydrogen (secondary N) is 1. The van der Waals surface area contributed by atoms with Gasteiger partial charge in [-0.2, -0.15) is 0 Å². The summed E-state index contributed by atoms with van der Waals surface area (Å²) in [6.07, 6.45) is 9.94. The SMILES string of the molecule is CC(CNC1C=CCCC1)S(C)=O. The first-order chi connectivity index (χ1) is 6.20. The normalized spacial score (nSPS) is 27.1. The van der Waals surface area contributed by atoms with Crippen LogP contribution < -0.4 is 5.32 Å². The second-order valence-electron chi connectivity index (χ2n) is 3.68. The van der Waals surface area contributed by atoms with Crippen molar-refractivity contribution in [3.63, 3.8) is 0 Å². The lowest BCUT2D eigenvalue weighted by Crippen LogP contribution is -2.35. The molecule has 0 amide bonds.